The Hall–Kier alpha value is -1.06. The van der Waals surface area contributed by atoms with Gasteiger partial charge in [0.25, 0.3) is 5.91 Å². The molecule has 1 aliphatic heterocycles. The van der Waals surface area contributed by atoms with Crippen molar-refractivity contribution in [2.45, 2.75) is 13.3 Å². The lowest BCUT2D eigenvalue weighted by Gasteiger charge is -2.26. The Morgan fingerprint density at radius 2 is 2.13 bits per heavy atom. The van der Waals surface area contributed by atoms with E-state index in [1.54, 1.807) is 0 Å². The summed E-state index contributed by atoms with van der Waals surface area (Å²) in [6, 6.07) is 7.69. The highest BCUT2D eigenvalue weighted by Gasteiger charge is 2.23. The molecule has 1 heterocycles. The fraction of sp³-hybridized carbons (Fsp3) is 0.364. The number of nitrogens with zero attached hydrogens (tertiary/aromatic N) is 1. The van der Waals surface area contributed by atoms with Crippen molar-refractivity contribution in [2.24, 2.45) is 0 Å². The Bertz CT molecular complexity index is 354. The summed E-state index contributed by atoms with van der Waals surface area (Å²) >= 11 is 0. The number of rotatable bonds is 2. The molecule has 82 valence electrons. The normalized spacial score (nSPS) is 14.5. The molecule has 0 aromatic heterocycles. The summed E-state index contributed by atoms with van der Waals surface area (Å²) in [5.74, 6) is -0.0197. The first-order chi connectivity index (χ1) is 6.83. The van der Waals surface area contributed by atoms with Gasteiger partial charge in [-0.1, -0.05) is 18.2 Å². The fourth-order valence-corrected chi connectivity index (χ4v) is 1.68. The highest BCUT2D eigenvalue weighted by atomic mass is 35.5. The van der Waals surface area contributed by atoms with Crippen LogP contribution in [0.5, 0.6) is 0 Å². The quantitative estimate of drug-likeness (QED) is 0.774. The van der Waals surface area contributed by atoms with Gasteiger partial charge in [-0.3, -0.25) is 9.63 Å². The van der Waals surface area contributed by atoms with E-state index in [0.29, 0.717) is 13.2 Å². The average molecular weight is 228 g/mol. The van der Waals surface area contributed by atoms with Gasteiger partial charge in [0.1, 0.15) is 0 Å². The summed E-state index contributed by atoms with van der Waals surface area (Å²) < 4.78 is 0. The predicted molar refractivity (Wildman–Crippen MR) is 60.1 cm³/mol. The molecule has 0 N–H and O–H groups in total. The molecule has 1 aliphatic rings. The van der Waals surface area contributed by atoms with Gasteiger partial charge in [-0.25, -0.2) is 5.06 Å². The van der Waals surface area contributed by atoms with Crippen LogP contribution in [-0.4, -0.2) is 24.1 Å². The van der Waals surface area contributed by atoms with E-state index in [0.717, 1.165) is 17.5 Å². The molecule has 0 bridgehead atoms. The predicted octanol–water partition coefficient (Wildman–Crippen LogP) is 2.06. The number of fused-ring (bicyclic) bond motifs is 1. The molecule has 4 heteroatoms. The van der Waals surface area contributed by atoms with Crippen molar-refractivity contribution in [3.05, 3.63) is 35.4 Å². The zero-order valence-electron chi connectivity index (χ0n) is 8.60. The standard InChI is InChI=1S/C11H13NO2.ClH/c1-2-14-12-8-7-9-5-3-4-6-10(9)11(12)13;/h3-6H,2,7-8H2,1H3;1H. The molecule has 0 saturated carbocycles. The van der Waals surface area contributed by atoms with Crippen molar-refractivity contribution in [1.82, 2.24) is 5.06 Å². The zero-order chi connectivity index (χ0) is 9.97. The van der Waals surface area contributed by atoms with E-state index < -0.39 is 0 Å². The first-order valence-electron chi connectivity index (χ1n) is 4.85. The van der Waals surface area contributed by atoms with E-state index >= 15 is 0 Å². The average Bonchev–Trinajstić information content (AvgIpc) is 2.23. The molecule has 0 aliphatic carbocycles. The van der Waals surface area contributed by atoms with E-state index in [2.05, 4.69) is 0 Å². The van der Waals surface area contributed by atoms with Gasteiger partial charge in [0.05, 0.1) is 13.2 Å². The number of carbonyl (C=O) groups is 1. The van der Waals surface area contributed by atoms with Crippen LogP contribution in [0.2, 0.25) is 0 Å². The Balaban J connectivity index is 0.00000112. The van der Waals surface area contributed by atoms with Crippen LogP contribution in [0.4, 0.5) is 0 Å². The molecule has 3 nitrogen and oxygen atoms in total. The summed E-state index contributed by atoms with van der Waals surface area (Å²) in [4.78, 5) is 17.0. The van der Waals surface area contributed by atoms with Crippen LogP contribution >= 0.6 is 12.4 Å². The molecule has 0 unspecified atom stereocenters. The lowest BCUT2D eigenvalue weighted by Crippen LogP contribution is -2.37. The Morgan fingerprint density at radius 1 is 1.40 bits per heavy atom. The summed E-state index contributed by atoms with van der Waals surface area (Å²) in [6.45, 7) is 3.07. The molecular formula is C11H14ClNO2. The minimum Gasteiger partial charge on any atom is -0.271 e. The van der Waals surface area contributed by atoms with Gasteiger partial charge < -0.3 is 0 Å². The monoisotopic (exact) mass is 227 g/mol. The van der Waals surface area contributed by atoms with Crippen LogP contribution in [-0.2, 0) is 11.3 Å². The lowest BCUT2D eigenvalue weighted by atomic mass is 10.0. The maximum Gasteiger partial charge on any atom is 0.277 e. The second-order valence-corrected chi connectivity index (χ2v) is 3.23. The van der Waals surface area contributed by atoms with Crippen molar-refractivity contribution in [2.75, 3.05) is 13.2 Å². The number of hydrogen-bond acceptors (Lipinski definition) is 2. The third-order valence-corrected chi connectivity index (χ3v) is 2.34. The van der Waals surface area contributed by atoms with Gasteiger partial charge in [0.15, 0.2) is 0 Å². The molecule has 0 spiro atoms. The number of hydroxylamine groups is 2. The van der Waals surface area contributed by atoms with Gasteiger partial charge in [-0.05, 0) is 25.0 Å². The third-order valence-electron chi connectivity index (χ3n) is 2.34. The second-order valence-electron chi connectivity index (χ2n) is 3.23. The van der Waals surface area contributed by atoms with Crippen molar-refractivity contribution >= 4 is 18.3 Å². The highest BCUT2D eigenvalue weighted by molar-refractivity contribution is 5.96. The number of carbonyl (C=O) groups excluding carboxylic acids is 1. The summed E-state index contributed by atoms with van der Waals surface area (Å²) in [6.07, 6.45) is 0.877. The molecule has 0 radical (unpaired) electrons. The van der Waals surface area contributed by atoms with Crippen LogP contribution in [0, 0.1) is 0 Å². The minimum absolute atomic E-state index is 0. The molecule has 0 saturated heterocycles. The van der Waals surface area contributed by atoms with Crippen LogP contribution in [0.15, 0.2) is 24.3 Å². The summed E-state index contributed by atoms with van der Waals surface area (Å²) in [5, 5.41) is 1.45. The second kappa shape index (κ2) is 5.14. The SMILES string of the molecule is CCON1CCc2ccccc2C1=O.Cl. The Morgan fingerprint density at radius 3 is 2.87 bits per heavy atom. The van der Waals surface area contributed by atoms with Crippen LogP contribution in [0.25, 0.3) is 0 Å². The smallest absolute Gasteiger partial charge is 0.271 e. The van der Waals surface area contributed by atoms with E-state index in [4.69, 9.17) is 4.84 Å². The largest absolute Gasteiger partial charge is 0.277 e. The van der Waals surface area contributed by atoms with Gasteiger partial charge >= 0.3 is 0 Å². The van der Waals surface area contributed by atoms with Crippen LogP contribution in [0.1, 0.15) is 22.8 Å². The lowest BCUT2D eigenvalue weighted by molar-refractivity contribution is -0.120. The Labute approximate surface area is 95.4 Å². The van der Waals surface area contributed by atoms with E-state index in [1.807, 2.05) is 31.2 Å². The van der Waals surface area contributed by atoms with Gasteiger partial charge in [0, 0.05) is 5.56 Å². The first-order valence-corrected chi connectivity index (χ1v) is 4.85. The minimum atomic E-state index is -0.0197. The first kappa shape index (κ1) is 12.0. The summed E-state index contributed by atoms with van der Waals surface area (Å²) in [7, 11) is 0. The molecule has 0 atom stereocenters. The Kier molecular flexibility index (Phi) is 4.12. The van der Waals surface area contributed by atoms with Crippen molar-refractivity contribution in [3.63, 3.8) is 0 Å². The molecule has 2 rings (SSSR count). The molecule has 0 fully saturated rings. The molecular weight excluding hydrogens is 214 g/mol. The number of benzene rings is 1. The van der Waals surface area contributed by atoms with E-state index in [9.17, 15) is 4.79 Å². The van der Waals surface area contributed by atoms with Gasteiger partial charge in [-0.15, -0.1) is 12.4 Å². The number of hydrogen-bond donors (Lipinski definition) is 0. The zero-order valence-corrected chi connectivity index (χ0v) is 9.42. The third kappa shape index (κ3) is 2.30. The van der Waals surface area contributed by atoms with E-state index in [-0.39, 0.29) is 18.3 Å². The van der Waals surface area contributed by atoms with Crippen molar-refractivity contribution in [3.8, 4) is 0 Å². The van der Waals surface area contributed by atoms with E-state index in [1.165, 1.54) is 5.06 Å². The molecule has 15 heavy (non-hydrogen) atoms. The van der Waals surface area contributed by atoms with Crippen LogP contribution < -0.4 is 0 Å². The van der Waals surface area contributed by atoms with Crippen molar-refractivity contribution < 1.29 is 9.63 Å². The fourth-order valence-electron chi connectivity index (χ4n) is 1.68. The van der Waals surface area contributed by atoms with Crippen LogP contribution in [0.3, 0.4) is 0 Å². The number of amides is 1. The molecule has 1 amide bonds. The maximum atomic E-state index is 11.8. The summed E-state index contributed by atoms with van der Waals surface area (Å²) in [5.41, 5.74) is 1.89. The molecule has 1 aromatic rings. The number of halogens is 1. The van der Waals surface area contributed by atoms with Gasteiger partial charge in [-0.2, -0.15) is 0 Å². The van der Waals surface area contributed by atoms with Gasteiger partial charge in [0.2, 0.25) is 0 Å². The highest BCUT2D eigenvalue weighted by Crippen LogP contribution is 2.18. The molecule has 1 aromatic carbocycles. The van der Waals surface area contributed by atoms with Crippen molar-refractivity contribution in [1.29, 1.82) is 0 Å². The maximum absolute atomic E-state index is 11.8. The topological polar surface area (TPSA) is 29.5 Å².